The van der Waals surface area contributed by atoms with Gasteiger partial charge in [-0.05, 0) is 31.5 Å². The molecule has 1 aromatic rings. The minimum absolute atomic E-state index is 0.479. The van der Waals surface area contributed by atoms with E-state index in [2.05, 4.69) is 15.9 Å². The van der Waals surface area contributed by atoms with E-state index in [0.29, 0.717) is 11.4 Å². The maximum Gasteiger partial charge on any atom is 0.0883 e. The van der Waals surface area contributed by atoms with Crippen molar-refractivity contribution in [3.05, 3.63) is 33.3 Å². The van der Waals surface area contributed by atoms with Gasteiger partial charge in [-0.3, -0.25) is 0 Å². The van der Waals surface area contributed by atoms with E-state index in [0.717, 1.165) is 10.0 Å². The highest BCUT2D eigenvalue weighted by Gasteiger charge is 2.27. The molecule has 90 valence electrons. The first kappa shape index (κ1) is 14.0. The van der Waals surface area contributed by atoms with Gasteiger partial charge in [-0.25, -0.2) is 0 Å². The van der Waals surface area contributed by atoms with Crippen LogP contribution in [0.4, 0.5) is 0 Å². The molecule has 16 heavy (non-hydrogen) atoms. The van der Waals surface area contributed by atoms with Crippen LogP contribution in [0.1, 0.15) is 19.4 Å². The molecule has 0 heterocycles. The summed E-state index contributed by atoms with van der Waals surface area (Å²) in [6.45, 7) is 3.70. The summed E-state index contributed by atoms with van der Waals surface area (Å²) in [6, 6.07) is 5.64. The molecule has 1 atom stereocenters. The molecule has 0 aliphatic heterocycles. The lowest BCUT2D eigenvalue weighted by atomic mass is 9.95. The number of aliphatic hydroxyl groups is 1. The Bertz CT molecular complexity index is 366. The SMILES string of the molecule is COC(C)(C)C(O)Cc1ccc(Br)cc1Cl. The molecule has 1 aromatic carbocycles. The fourth-order valence-electron chi connectivity index (χ4n) is 1.28. The van der Waals surface area contributed by atoms with Gasteiger partial charge in [0.05, 0.1) is 11.7 Å². The number of rotatable bonds is 4. The van der Waals surface area contributed by atoms with Crippen molar-refractivity contribution in [3.63, 3.8) is 0 Å². The van der Waals surface area contributed by atoms with Crippen LogP contribution in [0.15, 0.2) is 22.7 Å². The van der Waals surface area contributed by atoms with Gasteiger partial charge < -0.3 is 9.84 Å². The van der Waals surface area contributed by atoms with Gasteiger partial charge in [0.15, 0.2) is 0 Å². The van der Waals surface area contributed by atoms with E-state index in [1.165, 1.54) is 0 Å². The van der Waals surface area contributed by atoms with Crippen LogP contribution >= 0.6 is 27.5 Å². The minimum Gasteiger partial charge on any atom is -0.390 e. The van der Waals surface area contributed by atoms with Gasteiger partial charge in [0.2, 0.25) is 0 Å². The summed E-state index contributed by atoms with van der Waals surface area (Å²) in [4.78, 5) is 0. The maximum absolute atomic E-state index is 10.0. The number of hydrogen-bond donors (Lipinski definition) is 1. The zero-order valence-electron chi connectivity index (χ0n) is 9.63. The van der Waals surface area contributed by atoms with E-state index < -0.39 is 11.7 Å². The van der Waals surface area contributed by atoms with Crippen molar-refractivity contribution in [1.82, 2.24) is 0 Å². The first-order valence-electron chi connectivity index (χ1n) is 5.04. The summed E-state index contributed by atoms with van der Waals surface area (Å²) in [5.41, 5.74) is 0.346. The third-order valence-electron chi connectivity index (χ3n) is 2.76. The Morgan fingerprint density at radius 3 is 2.62 bits per heavy atom. The summed E-state index contributed by atoms with van der Waals surface area (Å²) in [6.07, 6.45) is -0.108. The average Bonchev–Trinajstić information content (AvgIpc) is 2.22. The molecule has 0 bridgehead atoms. The highest BCUT2D eigenvalue weighted by molar-refractivity contribution is 9.10. The molecule has 0 fully saturated rings. The summed E-state index contributed by atoms with van der Waals surface area (Å²) < 4.78 is 6.17. The molecule has 0 saturated heterocycles. The predicted molar refractivity (Wildman–Crippen MR) is 70.0 cm³/mol. The monoisotopic (exact) mass is 306 g/mol. The van der Waals surface area contributed by atoms with Gasteiger partial charge in [0.1, 0.15) is 0 Å². The van der Waals surface area contributed by atoms with Crippen LogP contribution in [0.3, 0.4) is 0 Å². The quantitative estimate of drug-likeness (QED) is 0.923. The third kappa shape index (κ3) is 3.45. The van der Waals surface area contributed by atoms with Crippen LogP contribution in [0.25, 0.3) is 0 Å². The molecular weight excluding hydrogens is 291 g/mol. The Morgan fingerprint density at radius 2 is 2.12 bits per heavy atom. The number of hydrogen-bond acceptors (Lipinski definition) is 2. The third-order valence-corrected chi connectivity index (χ3v) is 3.60. The van der Waals surface area contributed by atoms with Crippen molar-refractivity contribution in [1.29, 1.82) is 0 Å². The van der Waals surface area contributed by atoms with E-state index in [1.54, 1.807) is 7.11 Å². The zero-order chi connectivity index (χ0) is 12.3. The molecule has 0 aliphatic carbocycles. The molecule has 0 saturated carbocycles. The highest BCUT2D eigenvalue weighted by Crippen LogP contribution is 2.25. The number of aliphatic hydroxyl groups excluding tert-OH is 1. The van der Waals surface area contributed by atoms with Gasteiger partial charge in [0.25, 0.3) is 0 Å². The summed E-state index contributed by atoms with van der Waals surface area (Å²) in [5.74, 6) is 0. The standard InChI is InChI=1S/C12H16BrClO2/c1-12(2,16-3)11(15)6-8-4-5-9(13)7-10(8)14/h4-5,7,11,15H,6H2,1-3H3. The first-order valence-corrected chi connectivity index (χ1v) is 6.21. The molecule has 0 radical (unpaired) electrons. The van der Waals surface area contributed by atoms with E-state index >= 15 is 0 Å². The van der Waals surface area contributed by atoms with Crippen LogP contribution in [0.2, 0.25) is 5.02 Å². The lowest BCUT2D eigenvalue weighted by molar-refractivity contribution is -0.0764. The van der Waals surface area contributed by atoms with Crippen molar-refractivity contribution in [3.8, 4) is 0 Å². The average molecular weight is 308 g/mol. The maximum atomic E-state index is 10.0. The van der Waals surface area contributed by atoms with E-state index in [9.17, 15) is 5.11 Å². The Kier molecular flexibility index (Phi) is 4.80. The largest absolute Gasteiger partial charge is 0.390 e. The Morgan fingerprint density at radius 1 is 1.50 bits per heavy atom. The molecule has 1 N–H and O–H groups in total. The highest BCUT2D eigenvalue weighted by atomic mass is 79.9. The van der Waals surface area contributed by atoms with Crippen LogP contribution in [-0.2, 0) is 11.2 Å². The number of methoxy groups -OCH3 is 1. The van der Waals surface area contributed by atoms with Crippen LogP contribution in [0, 0.1) is 0 Å². The topological polar surface area (TPSA) is 29.5 Å². The predicted octanol–water partition coefficient (Wildman–Crippen LogP) is 3.43. The fourth-order valence-corrected chi connectivity index (χ4v) is 2.03. The molecule has 1 rings (SSSR count). The van der Waals surface area contributed by atoms with Crippen LogP contribution in [0.5, 0.6) is 0 Å². The number of benzene rings is 1. The number of halogens is 2. The Labute approximate surface area is 110 Å². The molecular formula is C12H16BrClO2. The molecule has 0 amide bonds. The lowest BCUT2D eigenvalue weighted by Crippen LogP contribution is -2.39. The Balaban J connectivity index is 2.81. The van der Waals surface area contributed by atoms with Crippen molar-refractivity contribution >= 4 is 27.5 Å². The zero-order valence-corrected chi connectivity index (χ0v) is 12.0. The fraction of sp³-hybridized carbons (Fsp3) is 0.500. The normalized spacial score (nSPS) is 13.9. The van der Waals surface area contributed by atoms with Gasteiger partial charge in [0, 0.05) is 23.0 Å². The molecule has 0 spiro atoms. The minimum atomic E-state index is -0.587. The molecule has 2 nitrogen and oxygen atoms in total. The number of ether oxygens (including phenoxy) is 1. The smallest absolute Gasteiger partial charge is 0.0883 e. The van der Waals surface area contributed by atoms with Crippen molar-refractivity contribution < 1.29 is 9.84 Å². The summed E-state index contributed by atoms with van der Waals surface area (Å²) in [7, 11) is 1.59. The summed E-state index contributed by atoms with van der Waals surface area (Å²) >= 11 is 9.43. The first-order chi connectivity index (χ1) is 7.36. The van der Waals surface area contributed by atoms with Crippen molar-refractivity contribution in [2.24, 2.45) is 0 Å². The molecule has 4 heteroatoms. The second-order valence-corrected chi connectivity index (χ2v) is 5.59. The van der Waals surface area contributed by atoms with E-state index in [-0.39, 0.29) is 0 Å². The van der Waals surface area contributed by atoms with Gasteiger partial charge in [-0.15, -0.1) is 0 Å². The van der Waals surface area contributed by atoms with Gasteiger partial charge in [-0.2, -0.15) is 0 Å². The van der Waals surface area contributed by atoms with E-state index in [1.807, 2.05) is 32.0 Å². The molecule has 1 unspecified atom stereocenters. The molecule has 0 aromatic heterocycles. The second-order valence-electron chi connectivity index (χ2n) is 4.26. The Hall–Kier alpha value is -0.0900. The van der Waals surface area contributed by atoms with Crippen molar-refractivity contribution in [2.75, 3.05) is 7.11 Å². The van der Waals surface area contributed by atoms with E-state index in [4.69, 9.17) is 16.3 Å². The van der Waals surface area contributed by atoms with Crippen LogP contribution < -0.4 is 0 Å². The molecule has 0 aliphatic rings. The summed E-state index contributed by atoms with van der Waals surface area (Å²) in [5, 5.41) is 10.7. The van der Waals surface area contributed by atoms with Crippen LogP contribution in [-0.4, -0.2) is 23.9 Å². The van der Waals surface area contributed by atoms with Crippen molar-refractivity contribution in [2.45, 2.75) is 32.0 Å². The van der Waals surface area contributed by atoms with Gasteiger partial charge >= 0.3 is 0 Å². The lowest BCUT2D eigenvalue weighted by Gasteiger charge is -2.29. The van der Waals surface area contributed by atoms with Gasteiger partial charge in [-0.1, -0.05) is 33.6 Å². The second kappa shape index (κ2) is 5.50.